The molecular weight excluding hydrogens is 725 g/mol. The summed E-state index contributed by atoms with van der Waals surface area (Å²) in [7, 11) is 0. The molecule has 5 heterocycles. The van der Waals surface area contributed by atoms with Crippen molar-refractivity contribution in [2.45, 2.75) is 0 Å². The summed E-state index contributed by atoms with van der Waals surface area (Å²) < 4.78 is 15.4. The lowest BCUT2D eigenvalue weighted by molar-refractivity contribution is 0.669. The van der Waals surface area contributed by atoms with E-state index in [0.717, 1.165) is 89.1 Å². The van der Waals surface area contributed by atoms with Gasteiger partial charge in [-0.1, -0.05) is 91.0 Å². The molecule has 0 aliphatic rings. The zero-order chi connectivity index (χ0) is 39.2. The van der Waals surface area contributed by atoms with Crippen LogP contribution >= 0.6 is 0 Å². The van der Waals surface area contributed by atoms with Crippen molar-refractivity contribution < 1.29 is 4.42 Å². The molecule has 0 fully saturated rings. The smallest absolute Gasteiger partial charge is 0.223 e. The molecule has 13 rings (SSSR count). The molecule has 0 spiro atoms. The predicted molar refractivity (Wildman–Crippen MR) is 243 cm³/mol. The standard InChI is InChI=1S/C50H30N6O.C2H4/c1-2-12-33(13-3-1)53-41-18-8-4-14-35(41)37-28-31(22-25-42(37)53)32-23-26-45-46(29-32)56-44-20-10-7-17-40(44)52-50(56)54(49-51-39-16-6-9-19-43(39)55(45)49)34-24-27-48-38(30-34)36-15-5-11-21-47(36)57-48;1-2/h1-30H;1-2H2. The average molecular weight is 759 g/mol. The number of imidazole rings is 2. The number of hydrogen-bond acceptors (Lipinski definition) is 3. The summed E-state index contributed by atoms with van der Waals surface area (Å²) in [6.07, 6.45) is 0. The summed E-state index contributed by atoms with van der Waals surface area (Å²) >= 11 is 0. The van der Waals surface area contributed by atoms with E-state index in [1.807, 2.05) is 18.2 Å². The number of rotatable bonds is 3. The molecule has 5 aromatic heterocycles. The topological polar surface area (TPSA) is 57.6 Å². The van der Waals surface area contributed by atoms with E-state index in [-0.39, 0.29) is 0 Å². The van der Waals surface area contributed by atoms with E-state index in [1.165, 1.54) is 21.8 Å². The fourth-order valence-electron chi connectivity index (χ4n) is 9.05. The Balaban J connectivity index is 0.00000186. The molecule has 13 aromatic rings. The van der Waals surface area contributed by atoms with E-state index >= 15 is 0 Å². The SMILES string of the molecule is C=C.c1ccc(-n2c3ccccc3c3cc(-c4ccc5c(c4)n4c6ccccc6nc4n(-c4ccc6oc7ccccc7c6c4)c4nc6ccccc6n54)ccc32)cc1. The van der Waals surface area contributed by atoms with Crippen LogP contribution in [0.1, 0.15) is 0 Å². The molecule has 0 N–H and O–H groups in total. The molecule has 0 radical (unpaired) electrons. The Hall–Kier alpha value is -8.16. The molecular formula is C52H34N6O. The molecule has 0 unspecified atom stereocenters. The summed E-state index contributed by atoms with van der Waals surface area (Å²) in [4.78, 5) is 10.7. The zero-order valence-electron chi connectivity index (χ0n) is 31.8. The molecule has 0 aliphatic carbocycles. The lowest BCUT2D eigenvalue weighted by Crippen LogP contribution is -2.01. The monoisotopic (exact) mass is 758 g/mol. The van der Waals surface area contributed by atoms with Crippen LogP contribution in [0.4, 0.5) is 0 Å². The number of aromatic nitrogens is 6. The van der Waals surface area contributed by atoms with Gasteiger partial charge < -0.3 is 8.98 Å². The van der Waals surface area contributed by atoms with Gasteiger partial charge in [0.2, 0.25) is 11.6 Å². The first kappa shape index (κ1) is 33.0. The molecule has 0 saturated carbocycles. The van der Waals surface area contributed by atoms with Gasteiger partial charge in [-0.3, -0.25) is 8.80 Å². The van der Waals surface area contributed by atoms with Gasteiger partial charge in [-0.2, -0.15) is 0 Å². The highest BCUT2D eigenvalue weighted by Crippen LogP contribution is 2.38. The molecule has 0 saturated heterocycles. The number of para-hydroxylation sites is 7. The van der Waals surface area contributed by atoms with Crippen LogP contribution in [0.5, 0.6) is 0 Å². The largest absolute Gasteiger partial charge is 0.456 e. The van der Waals surface area contributed by atoms with E-state index in [0.29, 0.717) is 0 Å². The molecule has 0 aliphatic heterocycles. The molecule has 0 atom stereocenters. The maximum atomic E-state index is 6.27. The fraction of sp³-hybridized carbons (Fsp3) is 0. The molecule has 0 amide bonds. The van der Waals surface area contributed by atoms with E-state index in [1.54, 1.807) is 0 Å². The van der Waals surface area contributed by atoms with Crippen LogP contribution in [0.15, 0.2) is 200 Å². The summed E-state index contributed by atoms with van der Waals surface area (Å²) in [5.41, 5.74) is 14.3. The number of fused-ring (bicyclic) bond motifs is 15. The van der Waals surface area contributed by atoms with Crippen molar-refractivity contribution in [1.82, 2.24) is 27.9 Å². The first-order chi connectivity index (χ1) is 29.3. The van der Waals surface area contributed by atoms with E-state index < -0.39 is 0 Å². The van der Waals surface area contributed by atoms with Crippen molar-refractivity contribution in [3.8, 4) is 22.5 Å². The lowest BCUT2D eigenvalue weighted by atomic mass is 10.0. The van der Waals surface area contributed by atoms with Crippen molar-refractivity contribution in [1.29, 1.82) is 0 Å². The highest BCUT2D eigenvalue weighted by molar-refractivity contribution is 6.11. The van der Waals surface area contributed by atoms with Crippen molar-refractivity contribution in [3.05, 3.63) is 195 Å². The molecule has 8 aromatic carbocycles. The number of benzene rings is 8. The van der Waals surface area contributed by atoms with Gasteiger partial charge in [-0.15, -0.1) is 13.2 Å². The summed E-state index contributed by atoms with van der Waals surface area (Å²) in [5, 5.41) is 4.56. The second-order valence-electron chi connectivity index (χ2n) is 14.7. The van der Waals surface area contributed by atoms with Gasteiger partial charge in [0.25, 0.3) is 0 Å². The van der Waals surface area contributed by atoms with Crippen molar-refractivity contribution in [2.75, 3.05) is 0 Å². The average Bonchev–Trinajstić information content (AvgIpc) is 4.05. The minimum absolute atomic E-state index is 0.761. The minimum atomic E-state index is 0.761. The third-order valence-electron chi connectivity index (χ3n) is 11.6. The Kier molecular flexibility index (Phi) is 7.10. The van der Waals surface area contributed by atoms with Crippen LogP contribution in [-0.2, 0) is 0 Å². The van der Waals surface area contributed by atoms with E-state index in [2.05, 4.69) is 195 Å². The Morgan fingerprint density at radius 1 is 0.356 bits per heavy atom. The van der Waals surface area contributed by atoms with Gasteiger partial charge in [0, 0.05) is 27.2 Å². The normalized spacial score (nSPS) is 11.9. The maximum Gasteiger partial charge on any atom is 0.223 e. The Labute approximate surface area is 337 Å². The van der Waals surface area contributed by atoms with Crippen LogP contribution in [0, 0.1) is 0 Å². The minimum Gasteiger partial charge on any atom is -0.456 e. The van der Waals surface area contributed by atoms with Crippen molar-refractivity contribution >= 4 is 88.4 Å². The second kappa shape index (κ2) is 12.7. The third-order valence-corrected chi connectivity index (χ3v) is 11.6. The van der Waals surface area contributed by atoms with E-state index in [9.17, 15) is 0 Å². The van der Waals surface area contributed by atoms with Gasteiger partial charge in [-0.05, 0) is 102 Å². The van der Waals surface area contributed by atoms with Gasteiger partial charge in [0.15, 0.2) is 0 Å². The van der Waals surface area contributed by atoms with Gasteiger partial charge in [0.05, 0.1) is 49.8 Å². The van der Waals surface area contributed by atoms with Crippen molar-refractivity contribution in [3.63, 3.8) is 0 Å². The molecule has 7 nitrogen and oxygen atoms in total. The first-order valence-electron chi connectivity index (χ1n) is 19.7. The van der Waals surface area contributed by atoms with Gasteiger partial charge in [-0.25, -0.2) is 14.5 Å². The number of hydrogen-bond donors (Lipinski definition) is 0. The zero-order valence-corrected chi connectivity index (χ0v) is 31.8. The Morgan fingerprint density at radius 2 is 0.915 bits per heavy atom. The highest BCUT2D eigenvalue weighted by atomic mass is 16.3. The van der Waals surface area contributed by atoms with Crippen LogP contribution < -0.4 is 0 Å². The lowest BCUT2D eigenvalue weighted by Gasteiger charge is -2.09. The summed E-state index contributed by atoms with van der Waals surface area (Å²) in [6.45, 7) is 6.00. The molecule has 278 valence electrons. The first-order valence-corrected chi connectivity index (χ1v) is 19.7. The van der Waals surface area contributed by atoms with Gasteiger partial charge >= 0.3 is 0 Å². The highest BCUT2D eigenvalue weighted by Gasteiger charge is 2.21. The quantitative estimate of drug-likeness (QED) is 0.169. The Bertz CT molecular complexity index is 3840. The van der Waals surface area contributed by atoms with Gasteiger partial charge in [0.1, 0.15) is 11.2 Å². The second-order valence-corrected chi connectivity index (χ2v) is 14.7. The number of furan rings is 1. The predicted octanol–water partition coefficient (Wildman–Crippen LogP) is 13.3. The summed E-state index contributed by atoms with van der Waals surface area (Å²) in [6, 6.07) is 64.3. The van der Waals surface area contributed by atoms with Crippen LogP contribution in [0.3, 0.4) is 0 Å². The fourth-order valence-corrected chi connectivity index (χ4v) is 9.05. The molecule has 7 heteroatoms. The van der Waals surface area contributed by atoms with Crippen LogP contribution in [0.2, 0.25) is 0 Å². The van der Waals surface area contributed by atoms with Crippen molar-refractivity contribution in [2.24, 2.45) is 0 Å². The molecule has 0 bridgehead atoms. The van der Waals surface area contributed by atoms with E-state index in [4.69, 9.17) is 14.4 Å². The number of nitrogens with zero attached hydrogens (tertiary/aromatic N) is 6. The Morgan fingerprint density at radius 3 is 1.66 bits per heavy atom. The summed E-state index contributed by atoms with van der Waals surface area (Å²) in [5.74, 6) is 1.53. The van der Waals surface area contributed by atoms with Crippen LogP contribution in [0.25, 0.3) is 111 Å². The third kappa shape index (κ3) is 4.76. The maximum absolute atomic E-state index is 6.27. The van der Waals surface area contributed by atoms with Crippen LogP contribution in [-0.4, -0.2) is 27.9 Å². The molecule has 59 heavy (non-hydrogen) atoms.